The van der Waals surface area contributed by atoms with Crippen molar-refractivity contribution in [3.63, 3.8) is 0 Å². The molecule has 190 valence electrons. The van der Waals surface area contributed by atoms with Crippen LogP contribution >= 0.6 is 0 Å². The first-order valence-electron chi connectivity index (χ1n) is 12.2. The van der Waals surface area contributed by atoms with Gasteiger partial charge >= 0.3 is 5.69 Å². The number of benzene rings is 2. The topological polar surface area (TPSA) is 103 Å². The minimum atomic E-state index is -2.90. The van der Waals surface area contributed by atoms with Gasteiger partial charge in [-0.2, -0.15) is 0 Å². The molecule has 2 bridgehead atoms. The number of ether oxygens (including phenoxy) is 2. The van der Waals surface area contributed by atoms with E-state index in [0.29, 0.717) is 0 Å². The summed E-state index contributed by atoms with van der Waals surface area (Å²) in [5, 5.41) is 13.3. The van der Waals surface area contributed by atoms with Gasteiger partial charge in [0.05, 0.1) is 12.7 Å². The number of nitrogens with zero attached hydrogens (tertiary/aromatic N) is 1. The Kier molecular flexibility index (Phi) is 6.17. The molecule has 5 rings (SSSR count). The first-order chi connectivity index (χ1) is 17.1. The van der Waals surface area contributed by atoms with E-state index in [9.17, 15) is 14.7 Å². The fourth-order valence-corrected chi connectivity index (χ4v) is 10.3. The second-order valence-corrected chi connectivity index (χ2v) is 14.9. The average Bonchev–Trinajstić information content (AvgIpc) is 3.25. The number of aromatic amines is 1. The summed E-state index contributed by atoms with van der Waals surface area (Å²) in [7, 11) is -2.90. The highest BCUT2D eigenvalue weighted by Gasteiger charge is 2.67. The normalized spacial score (nSPS) is 27.9. The van der Waals surface area contributed by atoms with Gasteiger partial charge in [0.25, 0.3) is 13.9 Å². The molecule has 9 heteroatoms. The van der Waals surface area contributed by atoms with Gasteiger partial charge in [0.2, 0.25) is 0 Å². The van der Waals surface area contributed by atoms with Crippen LogP contribution in [0, 0.1) is 0 Å². The maximum Gasteiger partial charge on any atom is 0.330 e. The SMILES string of the molecule is CC1O[C@@H]2[C@H](n3ccc(=O)[nH]c3=O)O[C@@]1(CO[Si](c1ccccc1)(c1ccccc1)C(C)(C)C)[C@H]2O. The third-order valence-corrected chi connectivity index (χ3v) is 12.5. The van der Waals surface area contributed by atoms with E-state index in [1.165, 1.54) is 16.8 Å². The van der Waals surface area contributed by atoms with E-state index in [1.54, 1.807) is 0 Å². The van der Waals surface area contributed by atoms with Crippen molar-refractivity contribution in [2.24, 2.45) is 0 Å². The Bertz CT molecular complexity index is 1300. The molecule has 2 aliphatic rings. The van der Waals surface area contributed by atoms with Crippen LogP contribution in [0.1, 0.15) is 33.9 Å². The Labute approximate surface area is 210 Å². The van der Waals surface area contributed by atoms with Crippen molar-refractivity contribution < 1.29 is 19.0 Å². The minimum absolute atomic E-state index is 0.0771. The number of aliphatic hydroxyl groups excluding tert-OH is 1. The van der Waals surface area contributed by atoms with Crippen molar-refractivity contribution in [3.05, 3.63) is 93.8 Å². The number of aromatic nitrogens is 2. The second kappa shape index (κ2) is 8.93. The lowest BCUT2D eigenvalue weighted by Gasteiger charge is -2.45. The zero-order chi connectivity index (χ0) is 25.7. The van der Waals surface area contributed by atoms with Crippen molar-refractivity contribution in [2.75, 3.05) is 6.61 Å². The molecule has 2 N–H and O–H groups in total. The van der Waals surface area contributed by atoms with Gasteiger partial charge in [-0.15, -0.1) is 0 Å². The number of fused-ring (bicyclic) bond motifs is 2. The van der Waals surface area contributed by atoms with Crippen LogP contribution in [0.3, 0.4) is 0 Å². The molecular formula is C27H32N2O6Si. The summed E-state index contributed by atoms with van der Waals surface area (Å²) in [6.07, 6.45) is -1.78. The zero-order valence-electron chi connectivity index (χ0n) is 20.9. The van der Waals surface area contributed by atoms with E-state index in [1.807, 2.05) is 43.3 Å². The third-order valence-electron chi connectivity index (χ3n) is 7.54. The minimum Gasteiger partial charge on any atom is -0.404 e. The molecule has 0 aliphatic carbocycles. The lowest BCUT2D eigenvalue weighted by atomic mass is 9.94. The number of rotatable bonds is 6. The molecule has 5 atom stereocenters. The molecular weight excluding hydrogens is 476 g/mol. The van der Waals surface area contributed by atoms with Crippen LogP contribution in [-0.2, 0) is 13.9 Å². The quantitative estimate of drug-likeness (QED) is 0.490. The highest BCUT2D eigenvalue weighted by molar-refractivity contribution is 6.99. The second-order valence-electron chi connectivity index (χ2n) is 10.6. The van der Waals surface area contributed by atoms with Crippen molar-refractivity contribution in [1.29, 1.82) is 0 Å². The summed E-state index contributed by atoms with van der Waals surface area (Å²) < 4.78 is 20.9. The van der Waals surface area contributed by atoms with Gasteiger partial charge in [-0.3, -0.25) is 14.3 Å². The van der Waals surface area contributed by atoms with Crippen LogP contribution in [0.15, 0.2) is 82.5 Å². The molecule has 2 saturated heterocycles. The molecule has 1 unspecified atom stereocenters. The van der Waals surface area contributed by atoms with Crippen LogP contribution in [0.25, 0.3) is 0 Å². The summed E-state index contributed by atoms with van der Waals surface area (Å²) in [4.78, 5) is 26.3. The summed E-state index contributed by atoms with van der Waals surface area (Å²) in [6.45, 7) is 8.48. The van der Waals surface area contributed by atoms with Crippen LogP contribution in [-0.4, -0.2) is 53.5 Å². The predicted molar refractivity (Wildman–Crippen MR) is 138 cm³/mol. The van der Waals surface area contributed by atoms with Crippen molar-refractivity contribution in [2.45, 2.75) is 62.9 Å². The number of aliphatic hydroxyl groups is 1. The van der Waals surface area contributed by atoms with Crippen molar-refractivity contribution >= 4 is 18.7 Å². The maximum atomic E-state index is 12.5. The summed E-state index contributed by atoms with van der Waals surface area (Å²) in [6, 6.07) is 21.7. The molecule has 36 heavy (non-hydrogen) atoms. The molecule has 0 saturated carbocycles. The Morgan fingerprint density at radius 2 is 1.61 bits per heavy atom. The molecule has 0 amide bonds. The number of H-pyrrole nitrogens is 1. The predicted octanol–water partition coefficient (Wildman–Crippen LogP) is 1.53. The zero-order valence-corrected chi connectivity index (χ0v) is 21.9. The molecule has 2 aliphatic heterocycles. The summed E-state index contributed by atoms with van der Waals surface area (Å²) >= 11 is 0. The van der Waals surface area contributed by atoms with E-state index in [-0.39, 0.29) is 11.6 Å². The van der Waals surface area contributed by atoms with Gasteiger partial charge < -0.3 is 19.0 Å². The summed E-state index contributed by atoms with van der Waals surface area (Å²) in [5.41, 5.74) is -2.30. The molecule has 8 nitrogen and oxygen atoms in total. The monoisotopic (exact) mass is 508 g/mol. The van der Waals surface area contributed by atoms with Crippen LogP contribution in [0.2, 0.25) is 5.04 Å². The van der Waals surface area contributed by atoms with E-state index >= 15 is 0 Å². The Balaban J connectivity index is 1.56. The average molecular weight is 509 g/mol. The molecule has 0 radical (unpaired) electrons. The van der Waals surface area contributed by atoms with Crippen LogP contribution < -0.4 is 21.6 Å². The van der Waals surface area contributed by atoms with Crippen molar-refractivity contribution in [1.82, 2.24) is 9.55 Å². The molecule has 2 aromatic carbocycles. The largest absolute Gasteiger partial charge is 0.404 e. The molecule has 3 aromatic rings. The Morgan fingerprint density at radius 3 is 2.14 bits per heavy atom. The van der Waals surface area contributed by atoms with Crippen molar-refractivity contribution in [3.8, 4) is 0 Å². The third kappa shape index (κ3) is 3.74. The number of hydrogen-bond donors (Lipinski definition) is 2. The highest BCUT2D eigenvalue weighted by Crippen LogP contribution is 2.49. The van der Waals surface area contributed by atoms with Gasteiger partial charge in [-0.05, 0) is 22.3 Å². The van der Waals surface area contributed by atoms with E-state index in [2.05, 4.69) is 50.0 Å². The van der Waals surface area contributed by atoms with Crippen LogP contribution in [0.4, 0.5) is 0 Å². The number of hydrogen-bond acceptors (Lipinski definition) is 6. The molecule has 1 aromatic heterocycles. The van der Waals surface area contributed by atoms with Gasteiger partial charge in [-0.1, -0.05) is 81.4 Å². The first kappa shape index (κ1) is 24.9. The smallest absolute Gasteiger partial charge is 0.330 e. The van der Waals surface area contributed by atoms with E-state index in [0.717, 1.165) is 10.4 Å². The fraction of sp³-hybridized carbons (Fsp3) is 0.407. The van der Waals surface area contributed by atoms with Crippen LogP contribution in [0.5, 0.6) is 0 Å². The summed E-state index contributed by atoms with van der Waals surface area (Å²) in [5.74, 6) is 0. The van der Waals surface area contributed by atoms with E-state index in [4.69, 9.17) is 13.9 Å². The van der Waals surface area contributed by atoms with E-state index < -0.39 is 49.7 Å². The lowest BCUT2D eigenvalue weighted by Crippen LogP contribution is -2.68. The van der Waals surface area contributed by atoms with Gasteiger partial charge in [0.15, 0.2) is 6.23 Å². The number of nitrogens with one attached hydrogen (secondary N) is 1. The molecule has 2 fully saturated rings. The molecule has 0 spiro atoms. The standard InChI is InChI=1S/C27H32N2O6Si/c1-18-27(23(31)22(34-18)24(35-27)29-16-15-21(30)28-25(29)32)17-33-36(26(2,3)4,19-11-7-5-8-12-19)20-13-9-6-10-14-20/h5-16,18,22-24,31H,17H2,1-4H3,(H,28,30,32)/t18?,22-,23-,24+,27+/m0/s1. The maximum absolute atomic E-state index is 12.5. The van der Waals surface area contributed by atoms with Gasteiger partial charge in [-0.25, -0.2) is 4.79 Å². The highest BCUT2D eigenvalue weighted by atomic mass is 28.4. The van der Waals surface area contributed by atoms with Gasteiger partial charge in [0.1, 0.15) is 17.8 Å². The lowest BCUT2D eigenvalue weighted by molar-refractivity contribution is -0.216. The molecule has 3 heterocycles. The Morgan fingerprint density at radius 1 is 1.03 bits per heavy atom. The van der Waals surface area contributed by atoms with Gasteiger partial charge in [0, 0.05) is 12.3 Å². The Hall–Kier alpha value is -2.82. The first-order valence-corrected chi connectivity index (χ1v) is 14.1. The fourth-order valence-electron chi connectivity index (χ4n) is 5.69.